The third-order valence-corrected chi connectivity index (χ3v) is 5.49. The first-order valence-electron chi connectivity index (χ1n) is 9.46. The largest absolute Gasteiger partial charge is 0.469 e. The fraction of sp³-hybridized carbons (Fsp3) is 0.947. The molecular formula is C19H36Cl2O2. The molecule has 0 amide bonds. The lowest BCUT2D eigenvalue weighted by molar-refractivity contribution is -0.140. The van der Waals surface area contributed by atoms with E-state index in [0.717, 1.165) is 38.5 Å². The van der Waals surface area contributed by atoms with E-state index in [-0.39, 0.29) is 16.7 Å². The normalized spacial score (nSPS) is 13.7. The van der Waals surface area contributed by atoms with Gasteiger partial charge < -0.3 is 4.74 Å². The number of carbonyl (C=O) groups excluding carboxylic acids is 1. The van der Waals surface area contributed by atoms with Gasteiger partial charge in [0.2, 0.25) is 0 Å². The number of methoxy groups -OCH3 is 1. The summed E-state index contributed by atoms with van der Waals surface area (Å²) in [7, 11) is 1.44. The van der Waals surface area contributed by atoms with Crippen LogP contribution >= 0.6 is 23.2 Å². The molecule has 0 aromatic carbocycles. The van der Waals surface area contributed by atoms with E-state index in [1.807, 2.05) is 0 Å². The van der Waals surface area contributed by atoms with Gasteiger partial charge in [-0.15, -0.1) is 23.2 Å². The second-order valence-corrected chi connectivity index (χ2v) is 7.59. The summed E-state index contributed by atoms with van der Waals surface area (Å²) in [5, 5.41) is 0.213. The maximum Gasteiger partial charge on any atom is 0.305 e. The molecule has 0 heterocycles. The summed E-state index contributed by atoms with van der Waals surface area (Å²) in [5.74, 6) is -0.106. The Bertz CT molecular complexity index is 272. The average molecular weight is 367 g/mol. The van der Waals surface area contributed by atoms with Crippen molar-refractivity contribution < 1.29 is 9.53 Å². The van der Waals surface area contributed by atoms with Crippen molar-refractivity contribution in [2.75, 3.05) is 7.11 Å². The minimum atomic E-state index is -0.106. The molecule has 0 radical (unpaired) electrons. The van der Waals surface area contributed by atoms with Crippen LogP contribution in [0.25, 0.3) is 0 Å². The van der Waals surface area contributed by atoms with Crippen LogP contribution in [0.15, 0.2) is 0 Å². The van der Waals surface area contributed by atoms with E-state index in [0.29, 0.717) is 6.42 Å². The molecule has 0 unspecified atom stereocenters. The summed E-state index contributed by atoms with van der Waals surface area (Å²) in [4.78, 5) is 11.0. The first-order valence-corrected chi connectivity index (χ1v) is 10.3. The molecule has 0 bridgehead atoms. The van der Waals surface area contributed by atoms with Crippen molar-refractivity contribution in [1.82, 2.24) is 0 Å². The summed E-state index contributed by atoms with van der Waals surface area (Å²) in [6, 6.07) is 0. The van der Waals surface area contributed by atoms with Crippen molar-refractivity contribution >= 4 is 29.2 Å². The standard InChI is InChI=1S/C19H36Cl2O2/c1-3-4-5-6-8-11-14-17(20)18(21)15-12-9-7-10-13-16-19(22)23-2/h17-18H,3-16H2,1-2H3/t17-,18+/m0/s1. The maximum atomic E-state index is 11.0. The van der Waals surface area contributed by atoms with E-state index < -0.39 is 0 Å². The van der Waals surface area contributed by atoms with E-state index in [1.54, 1.807) is 0 Å². The SMILES string of the molecule is CCCCCCCC[C@H](Cl)[C@H](Cl)CCCCCCCC(=O)OC. The second kappa shape index (κ2) is 16.9. The summed E-state index contributed by atoms with van der Waals surface area (Å²) < 4.78 is 4.62. The fourth-order valence-corrected chi connectivity index (χ4v) is 3.28. The first-order chi connectivity index (χ1) is 11.1. The number of hydrogen-bond acceptors (Lipinski definition) is 2. The van der Waals surface area contributed by atoms with Gasteiger partial charge in [0.15, 0.2) is 0 Å². The van der Waals surface area contributed by atoms with Crippen LogP contribution in [0.2, 0.25) is 0 Å². The van der Waals surface area contributed by atoms with E-state index in [1.165, 1.54) is 52.1 Å². The van der Waals surface area contributed by atoms with Crippen LogP contribution in [0.4, 0.5) is 0 Å². The number of rotatable bonds is 16. The van der Waals surface area contributed by atoms with Crippen LogP contribution in [0.3, 0.4) is 0 Å². The molecule has 0 aromatic rings. The Balaban J connectivity index is 3.40. The van der Waals surface area contributed by atoms with Crippen LogP contribution in [0, 0.1) is 0 Å². The number of ether oxygens (including phenoxy) is 1. The van der Waals surface area contributed by atoms with E-state index in [9.17, 15) is 4.79 Å². The molecule has 2 nitrogen and oxygen atoms in total. The molecule has 0 aromatic heterocycles. The van der Waals surface area contributed by atoms with Gasteiger partial charge in [-0.3, -0.25) is 4.79 Å². The van der Waals surface area contributed by atoms with Crippen LogP contribution < -0.4 is 0 Å². The Morgan fingerprint density at radius 2 is 1.22 bits per heavy atom. The Kier molecular flexibility index (Phi) is 16.9. The molecule has 0 fully saturated rings. The van der Waals surface area contributed by atoms with Crippen molar-refractivity contribution in [2.24, 2.45) is 0 Å². The molecule has 0 aliphatic carbocycles. The van der Waals surface area contributed by atoms with Gasteiger partial charge in [0, 0.05) is 17.2 Å². The van der Waals surface area contributed by atoms with Gasteiger partial charge >= 0.3 is 5.97 Å². The van der Waals surface area contributed by atoms with Crippen molar-refractivity contribution in [2.45, 2.75) is 108 Å². The molecule has 23 heavy (non-hydrogen) atoms. The first kappa shape index (κ1) is 23.1. The Morgan fingerprint density at radius 1 is 0.783 bits per heavy atom. The molecular weight excluding hydrogens is 331 g/mol. The molecule has 4 heteroatoms. The molecule has 0 aliphatic rings. The predicted octanol–water partition coefficient (Wildman–Crippen LogP) is 6.86. The highest BCUT2D eigenvalue weighted by molar-refractivity contribution is 6.29. The van der Waals surface area contributed by atoms with Crippen LogP contribution in [-0.4, -0.2) is 23.8 Å². The number of esters is 1. The lowest BCUT2D eigenvalue weighted by atomic mass is 10.0. The number of alkyl halides is 2. The van der Waals surface area contributed by atoms with Gasteiger partial charge in [-0.05, 0) is 19.3 Å². The molecule has 2 atom stereocenters. The smallest absolute Gasteiger partial charge is 0.305 e. The molecule has 0 rings (SSSR count). The van der Waals surface area contributed by atoms with E-state index in [4.69, 9.17) is 23.2 Å². The molecule has 0 spiro atoms. The monoisotopic (exact) mass is 366 g/mol. The Labute approximate surface area is 153 Å². The third kappa shape index (κ3) is 15.3. The summed E-state index contributed by atoms with van der Waals surface area (Å²) in [6.07, 6.45) is 15.9. The minimum Gasteiger partial charge on any atom is -0.469 e. The minimum absolute atomic E-state index is 0.0994. The van der Waals surface area contributed by atoms with Crippen molar-refractivity contribution in [1.29, 1.82) is 0 Å². The average Bonchev–Trinajstić information content (AvgIpc) is 2.56. The summed E-state index contributed by atoms with van der Waals surface area (Å²) in [5.41, 5.74) is 0. The number of carbonyl (C=O) groups is 1. The zero-order valence-corrected chi connectivity index (χ0v) is 16.6. The quantitative estimate of drug-likeness (QED) is 0.169. The maximum absolute atomic E-state index is 11.0. The van der Waals surface area contributed by atoms with Crippen molar-refractivity contribution in [3.8, 4) is 0 Å². The fourth-order valence-electron chi connectivity index (χ4n) is 2.72. The summed E-state index contributed by atoms with van der Waals surface area (Å²) in [6.45, 7) is 2.24. The lowest BCUT2D eigenvalue weighted by Crippen LogP contribution is -2.14. The molecule has 138 valence electrons. The van der Waals surface area contributed by atoms with Crippen molar-refractivity contribution in [3.63, 3.8) is 0 Å². The van der Waals surface area contributed by atoms with Crippen LogP contribution in [-0.2, 0) is 9.53 Å². The van der Waals surface area contributed by atoms with Crippen molar-refractivity contribution in [3.05, 3.63) is 0 Å². The zero-order valence-electron chi connectivity index (χ0n) is 15.1. The molecule has 0 saturated heterocycles. The zero-order chi connectivity index (χ0) is 17.3. The second-order valence-electron chi connectivity index (χ2n) is 6.47. The Morgan fingerprint density at radius 3 is 1.70 bits per heavy atom. The molecule has 0 N–H and O–H groups in total. The molecule has 0 saturated carbocycles. The van der Waals surface area contributed by atoms with Crippen LogP contribution in [0.5, 0.6) is 0 Å². The third-order valence-electron chi connectivity index (χ3n) is 4.31. The van der Waals surface area contributed by atoms with Gasteiger partial charge in [-0.2, -0.15) is 0 Å². The highest BCUT2D eigenvalue weighted by Crippen LogP contribution is 2.23. The van der Waals surface area contributed by atoms with Gasteiger partial charge in [0.1, 0.15) is 0 Å². The number of unbranched alkanes of at least 4 members (excludes halogenated alkanes) is 9. The summed E-state index contributed by atoms with van der Waals surface area (Å²) >= 11 is 12.8. The van der Waals surface area contributed by atoms with Gasteiger partial charge in [0.25, 0.3) is 0 Å². The van der Waals surface area contributed by atoms with E-state index in [2.05, 4.69) is 11.7 Å². The number of hydrogen-bond donors (Lipinski definition) is 0. The topological polar surface area (TPSA) is 26.3 Å². The predicted molar refractivity (Wildman–Crippen MR) is 102 cm³/mol. The van der Waals surface area contributed by atoms with Gasteiger partial charge in [0.05, 0.1) is 7.11 Å². The highest BCUT2D eigenvalue weighted by Gasteiger charge is 2.15. The van der Waals surface area contributed by atoms with Gasteiger partial charge in [-0.1, -0.05) is 71.1 Å². The lowest BCUT2D eigenvalue weighted by Gasteiger charge is -2.16. The van der Waals surface area contributed by atoms with Gasteiger partial charge in [-0.25, -0.2) is 0 Å². The Hall–Kier alpha value is 0.0500. The van der Waals surface area contributed by atoms with Crippen LogP contribution in [0.1, 0.15) is 96.8 Å². The molecule has 0 aliphatic heterocycles. The highest BCUT2D eigenvalue weighted by atomic mass is 35.5. The number of halogens is 2. The van der Waals surface area contributed by atoms with E-state index >= 15 is 0 Å².